The lowest BCUT2D eigenvalue weighted by Crippen LogP contribution is -2.23. The van der Waals surface area contributed by atoms with E-state index >= 15 is 0 Å². The molecule has 0 bridgehead atoms. The van der Waals surface area contributed by atoms with E-state index in [1.807, 2.05) is 0 Å². The van der Waals surface area contributed by atoms with Crippen molar-refractivity contribution in [3.63, 3.8) is 0 Å². The van der Waals surface area contributed by atoms with Gasteiger partial charge in [-0.05, 0) is 12.8 Å². The van der Waals surface area contributed by atoms with Crippen molar-refractivity contribution in [3.05, 3.63) is 17.7 Å². The smallest absolute Gasteiger partial charge is 0.179 e. The molecule has 1 aromatic rings. The molecular formula is C10H15N3O2. The molecule has 2 rings (SSSR count). The third kappa shape index (κ3) is 1.87. The number of hydrogen-bond donors (Lipinski definition) is 1. The van der Waals surface area contributed by atoms with Gasteiger partial charge in [-0.2, -0.15) is 0 Å². The number of Topliss-reactive ketones (excluding diaryl/α,β-unsaturated/α-hetero) is 1. The average Bonchev–Trinajstić information content (AvgIpc) is 2.61. The van der Waals surface area contributed by atoms with Gasteiger partial charge in [-0.15, -0.1) is 0 Å². The summed E-state index contributed by atoms with van der Waals surface area (Å²) in [5.74, 6) is 6.89. The summed E-state index contributed by atoms with van der Waals surface area (Å²) in [6.45, 7) is 2.98. The second-order valence-corrected chi connectivity index (χ2v) is 3.81. The summed E-state index contributed by atoms with van der Waals surface area (Å²) in [5, 5.41) is 0. The van der Waals surface area contributed by atoms with Crippen molar-refractivity contribution in [1.29, 1.82) is 0 Å². The molecule has 0 atom stereocenters. The molecule has 1 fully saturated rings. The summed E-state index contributed by atoms with van der Waals surface area (Å²) in [6, 6.07) is 0. The predicted molar refractivity (Wildman–Crippen MR) is 55.2 cm³/mol. The number of carbonyl (C=O) groups excluding carboxylic acids is 1. The summed E-state index contributed by atoms with van der Waals surface area (Å²) < 4.78 is 6.69. The van der Waals surface area contributed by atoms with Gasteiger partial charge in [-0.3, -0.25) is 4.79 Å². The van der Waals surface area contributed by atoms with Gasteiger partial charge < -0.3 is 10.6 Å². The number of carbonyl (C=O) groups is 1. The highest BCUT2D eigenvalue weighted by Gasteiger charge is 2.22. The second kappa shape index (κ2) is 4.02. The second-order valence-electron chi connectivity index (χ2n) is 3.81. The first kappa shape index (κ1) is 10.2. The van der Waals surface area contributed by atoms with Crippen LogP contribution in [0.4, 0.5) is 0 Å². The van der Waals surface area contributed by atoms with Gasteiger partial charge in [0.05, 0.1) is 6.20 Å². The van der Waals surface area contributed by atoms with E-state index in [-0.39, 0.29) is 5.78 Å². The minimum atomic E-state index is -0.0525. The first-order chi connectivity index (χ1) is 7.20. The van der Waals surface area contributed by atoms with E-state index in [9.17, 15) is 4.79 Å². The highest BCUT2D eigenvalue weighted by Crippen LogP contribution is 2.25. The van der Waals surface area contributed by atoms with Gasteiger partial charge in [-0.1, -0.05) is 0 Å². The average molecular weight is 209 g/mol. The number of nitrogen functional groups attached to an aromatic ring is 1. The Bertz CT molecular complexity index is 367. The Hall–Kier alpha value is -1.36. The van der Waals surface area contributed by atoms with E-state index in [2.05, 4.69) is 4.98 Å². The van der Waals surface area contributed by atoms with Crippen molar-refractivity contribution in [2.45, 2.75) is 25.7 Å². The molecule has 0 radical (unpaired) electrons. The molecule has 82 valence electrons. The van der Waals surface area contributed by atoms with Gasteiger partial charge in [0.1, 0.15) is 11.5 Å². The minimum absolute atomic E-state index is 0.0525. The zero-order valence-electron chi connectivity index (χ0n) is 8.77. The van der Waals surface area contributed by atoms with Gasteiger partial charge in [-0.25, -0.2) is 9.66 Å². The number of nitrogens with zero attached hydrogens (tertiary/aromatic N) is 2. The van der Waals surface area contributed by atoms with Crippen molar-refractivity contribution in [1.82, 2.24) is 9.66 Å². The highest BCUT2D eigenvalue weighted by atomic mass is 16.5. The maximum atomic E-state index is 11.2. The van der Waals surface area contributed by atoms with Crippen LogP contribution in [0.15, 0.2) is 6.20 Å². The van der Waals surface area contributed by atoms with Crippen LogP contribution < -0.4 is 5.84 Å². The third-order valence-corrected chi connectivity index (χ3v) is 2.77. The van der Waals surface area contributed by atoms with Crippen LogP contribution in [0.5, 0.6) is 0 Å². The van der Waals surface area contributed by atoms with Crippen LogP contribution in [0.25, 0.3) is 0 Å². The molecule has 5 nitrogen and oxygen atoms in total. The van der Waals surface area contributed by atoms with Crippen molar-refractivity contribution >= 4 is 5.78 Å². The van der Waals surface area contributed by atoms with Crippen molar-refractivity contribution < 1.29 is 9.53 Å². The molecule has 0 spiro atoms. The SMILES string of the molecule is CC(=O)c1cnc(C2CCOCC2)n1N. The number of rotatable bonds is 2. The Kier molecular flexibility index (Phi) is 2.73. The summed E-state index contributed by atoms with van der Waals surface area (Å²) in [7, 11) is 0. The van der Waals surface area contributed by atoms with E-state index in [1.165, 1.54) is 11.6 Å². The van der Waals surface area contributed by atoms with Gasteiger partial charge >= 0.3 is 0 Å². The Balaban J connectivity index is 2.24. The molecule has 0 aliphatic carbocycles. The summed E-state index contributed by atoms with van der Waals surface area (Å²) >= 11 is 0. The highest BCUT2D eigenvalue weighted by molar-refractivity contribution is 5.92. The van der Waals surface area contributed by atoms with E-state index < -0.39 is 0 Å². The molecular weight excluding hydrogens is 194 g/mol. The molecule has 1 aromatic heterocycles. The summed E-state index contributed by atoms with van der Waals surface area (Å²) in [5.41, 5.74) is 0.469. The zero-order valence-corrected chi connectivity index (χ0v) is 8.77. The van der Waals surface area contributed by atoms with Gasteiger partial charge in [0.2, 0.25) is 0 Å². The fourth-order valence-electron chi connectivity index (χ4n) is 1.89. The third-order valence-electron chi connectivity index (χ3n) is 2.77. The maximum absolute atomic E-state index is 11.2. The standard InChI is InChI=1S/C10H15N3O2/c1-7(14)9-6-12-10(13(9)11)8-2-4-15-5-3-8/h6,8H,2-5,11H2,1H3. The Morgan fingerprint density at radius 3 is 2.80 bits per heavy atom. The van der Waals surface area contributed by atoms with E-state index in [0.717, 1.165) is 31.9 Å². The van der Waals surface area contributed by atoms with Crippen LogP contribution in [-0.2, 0) is 4.74 Å². The molecule has 0 amide bonds. The lowest BCUT2D eigenvalue weighted by atomic mass is 10.00. The van der Waals surface area contributed by atoms with Crippen LogP contribution in [0.3, 0.4) is 0 Å². The molecule has 1 saturated heterocycles. The van der Waals surface area contributed by atoms with E-state index in [4.69, 9.17) is 10.6 Å². The predicted octanol–water partition coefficient (Wildman–Crippen LogP) is 0.694. The molecule has 15 heavy (non-hydrogen) atoms. The van der Waals surface area contributed by atoms with Gasteiger partial charge in [0, 0.05) is 26.1 Å². The van der Waals surface area contributed by atoms with Gasteiger partial charge in [0.25, 0.3) is 0 Å². The summed E-state index contributed by atoms with van der Waals surface area (Å²) in [4.78, 5) is 15.4. The number of imidazole rings is 1. The van der Waals surface area contributed by atoms with Gasteiger partial charge in [0.15, 0.2) is 5.78 Å². The molecule has 5 heteroatoms. The molecule has 1 aliphatic rings. The lowest BCUT2D eigenvalue weighted by molar-refractivity contribution is 0.0831. The number of nitrogens with two attached hydrogens (primary N) is 1. The molecule has 0 unspecified atom stereocenters. The quantitative estimate of drug-likeness (QED) is 0.574. The normalized spacial score (nSPS) is 17.9. The van der Waals surface area contributed by atoms with Crippen LogP contribution in [0.2, 0.25) is 0 Å². The number of ether oxygens (including phenoxy) is 1. The molecule has 1 aliphatic heterocycles. The Morgan fingerprint density at radius 2 is 2.27 bits per heavy atom. The first-order valence-electron chi connectivity index (χ1n) is 5.11. The molecule has 2 heterocycles. The van der Waals surface area contributed by atoms with Crippen molar-refractivity contribution in [2.24, 2.45) is 0 Å². The number of ketones is 1. The molecule has 0 aromatic carbocycles. The van der Waals surface area contributed by atoms with E-state index in [1.54, 1.807) is 6.20 Å². The van der Waals surface area contributed by atoms with Crippen LogP contribution >= 0.6 is 0 Å². The van der Waals surface area contributed by atoms with Crippen molar-refractivity contribution in [2.75, 3.05) is 19.1 Å². The van der Waals surface area contributed by atoms with Crippen molar-refractivity contribution in [3.8, 4) is 0 Å². The molecule has 2 N–H and O–H groups in total. The topological polar surface area (TPSA) is 70.1 Å². The lowest BCUT2D eigenvalue weighted by Gasteiger charge is -2.21. The van der Waals surface area contributed by atoms with Crippen LogP contribution in [0.1, 0.15) is 42.0 Å². The number of hydrogen-bond acceptors (Lipinski definition) is 4. The zero-order chi connectivity index (χ0) is 10.8. The minimum Gasteiger partial charge on any atom is -0.381 e. The summed E-state index contributed by atoms with van der Waals surface area (Å²) in [6.07, 6.45) is 3.39. The number of aromatic nitrogens is 2. The first-order valence-corrected chi connectivity index (χ1v) is 5.11. The fraction of sp³-hybridized carbons (Fsp3) is 0.600. The largest absolute Gasteiger partial charge is 0.381 e. The monoisotopic (exact) mass is 209 g/mol. The Morgan fingerprint density at radius 1 is 1.60 bits per heavy atom. The van der Waals surface area contributed by atoms with E-state index in [0.29, 0.717) is 11.6 Å². The Labute approximate surface area is 88.2 Å². The van der Waals surface area contributed by atoms with Crippen LogP contribution in [-0.4, -0.2) is 28.7 Å². The fourth-order valence-corrected chi connectivity index (χ4v) is 1.89. The van der Waals surface area contributed by atoms with Crippen LogP contribution in [0, 0.1) is 0 Å². The maximum Gasteiger partial charge on any atom is 0.179 e. The molecule has 0 saturated carbocycles.